The lowest BCUT2D eigenvalue weighted by Crippen LogP contribution is -2.60. The predicted octanol–water partition coefficient (Wildman–Crippen LogP) is 4.56. The van der Waals surface area contributed by atoms with E-state index < -0.39 is 30.6 Å². The zero-order valence-electron chi connectivity index (χ0n) is 19.3. The standard InChI is InChI=1S/C28H29NO5S/c30-16-24-25(31-17-21-10-4-1-5-11-21)26(32-18-22-12-6-2-7-13-22)27(28(34-24)29-20-35)33-19-23-14-8-3-9-15-23/h1-15,24-28,30H,16-19H2/t24?,25-,26?,27?,28+/m1/s1. The van der Waals surface area contributed by atoms with Gasteiger partial charge in [0, 0.05) is 0 Å². The molecule has 0 aromatic heterocycles. The van der Waals surface area contributed by atoms with Crippen LogP contribution in [0.5, 0.6) is 0 Å². The Morgan fingerprint density at radius 3 is 1.54 bits per heavy atom. The van der Waals surface area contributed by atoms with Crippen molar-refractivity contribution >= 4 is 17.4 Å². The number of hydrogen-bond acceptors (Lipinski definition) is 7. The van der Waals surface area contributed by atoms with Gasteiger partial charge in [-0.25, -0.2) is 0 Å². The molecule has 1 aliphatic heterocycles. The zero-order valence-corrected chi connectivity index (χ0v) is 20.1. The lowest BCUT2D eigenvalue weighted by Gasteiger charge is -2.44. The van der Waals surface area contributed by atoms with E-state index in [2.05, 4.69) is 10.2 Å². The summed E-state index contributed by atoms with van der Waals surface area (Å²) in [4.78, 5) is 4.20. The number of hydrogen-bond donors (Lipinski definition) is 1. The molecule has 0 amide bonds. The first-order valence-electron chi connectivity index (χ1n) is 11.6. The molecular weight excluding hydrogens is 462 g/mol. The van der Waals surface area contributed by atoms with Crippen LogP contribution < -0.4 is 0 Å². The van der Waals surface area contributed by atoms with Crippen LogP contribution in [0, 0.1) is 0 Å². The Morgan fingerprint density at radius 2 is 1.11 bits per heavy atom. The second-order valence-electron chi connectivity index (χ2n) is 8.25. The van der Waals surface area contributed by atoms with E-state index in [0.29, 0.717) is 19.8 Å². The van der Waals surface area contributed by atoms with Gasteiger partial charge in [-0.05, 0) is 28.9 Å². The van der Waals surface area contributed by atoms with Crippen LogP contribution in [0.4, 0.5) is 0 Å². The van der Waals surface area contributed by atoms with Gasteiger partial charge in [-0.15, -0.1) is 0 Å². The zero-order chi connectivity index (χ0) is 24.3. The summed E-state index contributed by atoms with van der Waals surface area (Å²) in [5, 5.41) is 12.6. The third-order valence-electron chi connectivity index (χ3n) is 5.83. The van der Waals surface area contributed by atoms with Gasteiger partial charge in [-0.2, -0.15) is 4.99 Å². The lowest BCUT2D eigenvalue weighted by molar-refractivity contribution is -0.268. The van der Waals surface area contributed by atoms with Gasteiger partial charge in [0.2, 0.25) is 0 Å². The average molecular weight is 492 g/mol. The highest BCUT2D eigenvalue weighted by Gasteiger charge is 2.48. The quantitative estimate of drug-likeness (QED) is 0.313. The summed E-state index contributed by atoms with van der Waals surface area (Å²) in [5.41, 5.74) is 3.02. The molecule has 1 heterocycles. The predicted molar refractivity (Wildman–Crippen MR) is 136 cm³/mol. The Hall–Kier alpha value is -2.74. The molecule has 1 aliphatic rings. The number of aliphatic hydroxyl groups is 1. The molecule has 0 spiro atoms. The van der Waals surface area contributed by atoms with Crippen molar-refractivity contribution in [3.63, 3.8) is 0 Å². The van der Waals surface area contributed by atoms with Crippen LogP contribution in [0.15, 0.2) is 96.0 Å². The van der Waals surface area contributed by atoms with Crippen molar-refractivity contribution in [3.05, 3.63) is 108 Å². The monoisotopic (exact) mass is 491 g/mol. The van der Waals surface area contributed by atoms with E-state index in [9.17, 15) is 5.11 Å². The maximum Gasteiger partial charge on any atom is 0.187 e. The van der Waals surface area contributed by atoms with Crippen molar-refractivity contribution in [2.75, 3.05) is 6.61 Å². The maximum absolute atomic E-state index is 10.2. The maximum atomic E-state index is 10.2. The number of benzene rings is 3. The second kappa shape index (κ2) is 13.4. The molecule has 3 aromatic carbocycles. The molecule has 4 rings (SSSR count). The summed E-state index contributed by atoms with van der Waals surface area (Å²) in [6.45, 7) is 0.745. The van der Waals surface area contributed by atoms with E-state index in [1.165, 1.54) is 0 Å². The Kier molecular flexibility index (Phi) is 9.69. The van der Waals surface area contributed by atoms with Crippen LogP contribution in [0.1, 0.15) is 16.7 Å². The molecule has 1 saturated heterocycles. The topological polar surface area (TPSA) is 69.5 Å². The van der Waals surface area contributed by atoms with Crippen LogP contribution >= 0.6 is 12.2 Å². The highest BCUT2D eigenvalue weighted by Crippen LogP contribution is 2.31. The van der Waals surface area contributed by atoms with Gasteiger partial charge in [0.1, 0.15) is 24.4 Å². The summed E-state index contributed by atoms with van der Waals surface area (Å²) in [5.74, 6) is 0. The minimum atomic E-state index is -0.786. The smallest absolute Gasteiger partial charge is 0.187 e. The largest absolute Gasteiger partial charge is 0.394 e. The Labute approximate surface area is 211 Å². The van der Waals surface area contributed by atoms with Gasteiger partial charge >= 0.3 is 0 Å². The number of rotatable bonds is 11. The molecule has 7 heteroatoms. The number of ether oxygens (including phenoxy) is 4. The highest BCUT2D eigenvalue weighted by molar-refractivity contribution is 7.78. The van der Waals surface area contributed by atoms with Crippen LogP contribution in [0.3, 0.4) is 0 Å². The van der Waals surface area contributed by atoms with Gasteiger partial charge in [0.25, 0.3) is 0 Å². The van der Waals surface area contributed by atoms with E-state index in [0.717, 1.165) is 16.7 Å². The fourth-order valence-electron chi connectivity index (χ4n) is 4.07. The molecule has 1 N–H and O–H groups in total. The average Bonchev–Trinajstić information content (AvgIpc) is 2.92. The molecule has 35 heavy (non-hydrogen) atoms. The third kappa shape index (κ3) is 7.13. The summed E-state index contributed by atoms with van der Waals surface area (Å²) >= 11 is 4.88. The molecular formula is C28H29NO5S. The molecule has 1 fully saturated rings. The van der Waals surface area contributed by atoms with Crippen LogP contribution in [-0.4, -0.2) is 47.5 Å². The fraction of sp³-hybridized carbons (Fsp3) is 0.321. The van der Waals surface area contributed by atoms with Crippen molar-refractivity contribution in [2.24, 2.45) is 4.99 Å². The van der Waals surface area contributed by atoms with Gasteiger partial charge in [-0.1, -0.05) is 91.0 Å². The van der Waals surface area contributed by atoms with Crippen molar-refractivity contribution in [1.82, 2.24) is 0 Å². The number of aliphatic hydroxyl groups excluding tert-OH is 1. The first kappa shape index (κ1) is 25.4. The van der Waals surface area contributed by atoms with Crippen molar-refractivity contribution in [1.29, 1.82) is 0 Å². The van der Waals surface area contributed by atoms with E-state index >= 15 is 0 Å². The molecule has 0 saturated carbocycles. The van der Waals surface area contributed by atoms with Gasteiger partial charge in [0.05, 0.1) is 31.6 Å². The van der Waals surface area contributed by atoms with E-state index in [1.807, 2.05) is 91.0 Å². The molecule has 3 aromatic rings. The number of aliphatic imine (C=N–C) groups is 1. The minimum Gasteiger partial charge on any atom is -0.394 e. The van der Waals surface area contributed by atoms with Crippen LogP contribution in [-0.2, 0) is 38.8 Å². The molecule has 0 aliphatic carbocycles. The number of nitrogens with zero attached hydrogens (tertiary/aromatic N) is 1. The highest BCUT2D eigenvalue weighted by atomic mass is 32.1. The second-order valence-corrected chi connectivity index (χ2v) is 8.43. The molecule has 6 nitrogen and oxygen atoms in total. The lowest BCUT2D eigenvalue weighted by atomic mass is 9.97. The van der Waals surface area contributed by atoms with Crippen LogP contribution in [0.25, 0.3) is 0 Å². The normalized spacial score (nSPS) is 24.0. The molecule has 3 unspecified atom stereocenters. The number of isothiocyanates is 1. The first-order chi connectivity index (χ1) is 17.3. The van der Waals surface area contributed by atoms with E-state index in [-0.39, 0.29) is 6.61 Å². The summed E-state index contributed by atoms with van der Waals surface area (Å²) in [6, 6.07) is 29.6. The molecule has 0 radical (unpaired) electrons. The van der Waals surface area contributed by atoms with Gasteiger partial charge in [-0.3, -0.25) is 0 Å². The van der Waals surface area contributed by atoms with E-state index in [1.54, 1.807) is 0 Å². The fourth-order valence-corrected chi connectivity index (χ4v) is 4.17. The van der Waals surface area contributed by atoms with Gasteiger partial charge < -0.3 is 24.1 Å². The first-order valence-corrected chi connectivity index (χ1v) is 12.0. The third-order valence-corrected chi connectivity index (χ3v) is 5.93. The summed E-state index contributed by atoms with van der Waals surface area (Å²) < 4.78 is 25.1. The Balaban J connectivity index is 1.59. The summed E-state index contributed by atoms with van der Waals surface area (Å²) in [7, 11) is 0. The Bertz CT molecular complexity index is 1060. The summed E-state index contributed by atoms with van der Waals surface area (Å²) in [6.07, 6.45) is -3.26. The Morgan fingerprint density at radius 1 is 0.686 bits per heavy atom. The molecule has 5 atom stereocenters. The molecule has 0 bridgehead atoms. The minimum absolute atomic E-state index is 0.264. The van der Waals surface area contributed by atoms with Crippen molar-refractivity contribution in [3.8, 4) is 0 Å². The van der Waals surface area contributed by atoms with Crippen LogP contribution in [0.2, 0.25) is 0 Å². The van der Waals surface area contributed by atoms with Crippen molar-refractivity contribution in [2.45, 2.75) is 50.5 Å². The SMILES string of the molecule is OCC1O[C@H](N=C=S)C(OCc2ccccc2)C(OCc2ccccc2)[C@@H]1OCc1ccccc1. The van der Waals surface area contributed by atoms with E-state index in [4.69, 9.17) is 31.2 Å². The number of thiocarbonyl (C=S) groups is 1. The van der Waals surface area contributed by atoms with Gasteiger partial charge in [0.15, 0.2) is 6.23 Å². The van der Waals surface area contributed by atoms with Crippen molar-refractivity contribution < 1.29 is 24.1 Å². The molecule has 182 valence electrons.